The summed E-state index contributed by atoms with van der Waals surface area (Å²) in [5.74, 6) is 0.307. The molecule has 0 fully saturated rings. The number of carbonyl (C=O) groups is 1. The summed E-state index contributed by atoms with van der Waals surface area (Å²) in [5, 5.41) is 14.9. The average Bonchev–Trinajstić information content (AvgIpc) is 2.81. The van der Waals surface area contributed by atoms with E-state index in [1.165, 1.54) is 5.69 Å². The third-order valence-corrected chi connectivity index (χ3v) is 3.82. The van der Waals surface area contributed by atoms with Gasteiger partial charge in [-0.05, 0) is 44.2 Å². The molecule has 0 spiro atoms. The Labute approximate surface area is 127 Å². The molecule has 1 aromatic heterocycles. The molecule has 2 atom stereocenters. The number of aryl methyl sites for hydroxylation is 2. The van der Waals surface area contributed by atoms with Gasteiger partial charge in [-0.3, -0.25) is 0 Å². The van der Waals surface area contributed by atoms with Crippen LogP contribution in [0.1, 0.15) is 39.3 Å². The van der Waals surface area contributed by atoms with Gasteiger partial charge in [-0.15, -0.1) is 0 Å². The molecule has 0 aliphatic carbocycles. The zero-order valence-corrected chi connectivity index (χ0v) is 13.6. The highest BCUT2D eigenvalue weighted by atomic mass is 16.3. The van der Waals surface area contributed by atoms with Crippen molar-refractivity contribution in [2.24, 2.45) is 13.0 Å². The van der Waals surface area contributed by atoms with Crippen LogP contribution in [0.15, 0.2) is 18.3 Å². The van der Waals surface area contributed by atoms with Crippen LogP contribution in [0.4, 0.5) is 4.79 Å². The number of amides is 2. The fourth-order valence-corrected chi connectivity index (χ4v) is 2.34. The zero-order chi connectivity index (χ0) is 15.8. The third kappa shape index (κ3) is 6.21. The van der Waals surface area contributed by atoms with Crippen molar-refractivity contribution in [1.29, 1.82) is 0 Å². The molecule has 21 heavy (non-hydrogen) atoms. The fraction of sp³-hybridized carbons (Fsp3) is 0.688. The number of aliphatic hydroxyl groups is 1. The second-order valence-corrected chi connectivity index (χ2v) is 6.03. The molecule has 1 heterocycles. The Morgan fingerprint density at radius 2 is 2.00 bits per heavy atom. The molecule has 3 N–H and O–H groups in total. The Hall–Kier alpha value is -1.49. The lowest BCUT2D eigenvalue weighted by Crippen LogP contribution is -2.47. The molecule has 0 aliphatic heterocycles. The third-order valence-electron chi connectivity index (χ3n) is 3.82. The molecule has 0 aliphatic rings. The summed E-state index contributed by atoms with van der Waals surface area (Å²) >= 11 is 0. The Morgan fingerprint density at radius 1 is 1.29 bits per heavy atom. The Morgan fingerprint density at radius 3 is 2.52 bits per heavy atom. The molecule has 5 nitrogen and oxygen atoms in total. The fourth-order valence-electron chi connectivity index (χ4n) is 2.34. The van der Waals surface area contributed by atoms with Gasteiger partial charge in [0.2, 0.25) is 0 Å². The van der Waals surface area contributed by atoms with E-state index in [2.05, 4.69) is 21.3 Å². The number of aromatic nitrogens is 1. The van der Waals surface area contributed by atoms with Gasteiger partial charge in [0.1, 0.15) is 0 Å². The van der Waals surface area contributed by atoms with Gasteiger partial charge in [0.05, 0.1) is 0 Å². The highest BCUT2D eigenvalue weighted by Crippen LogP contribution is 2.07. The molecule has 0 bridgehead atoms. The van der Waals surface area contributed by atoms with Gasteiger partial charge in [0.25, 0.3) is 0 Å². The first kappa shape index (κ1) is 17.6. The van der Waals surface area contributed by atoms with E-state index >= 15 is 0 Å². The normalized spacial score (nSPS) is 14.0. The van der Waals surface area contributed by atoms with E-state index < -0.39 is 0 Å². The van der Waals surface area contributed by atoms with Gasteiger partial charge in [-0.1, -0.05) is 13.8 Å². The molecule has 0 saturated carbocycles. The number of urea groups is 1. The van der Waals surface area contributed by atoms with Crippen molar-refractivity contribution < 1.29 is 9.90 Å². The summed E-state index contributed by atoms with van der Waals surface area (Å²) in [7, 11) is 2.03. The first-order valence-electron chi connectivity index (χ1n) is 7.72. The number of nitrogens with zero attached hydrogens (tertiary/aromatic N) is 1. The van der Waals surface area contributed by atoms with Crippen LogP contribution in [0, 0.1) is 5.92 Å². The second kappa shape index (κ2) is 8.72. The lowest BCUT2D eigenvalue weighted by molar-refractivity contribution is 0.216. The second-order valence-electron chi connectivity index (χ2n) is 6.03. The van der Waals surface area contributed by atoms with Crippen molar-refractivity contribution in [2.75, 3.05) is 6.61 Å². The summed E-state index contributed by atoms with van der Waals surface area (Å²) in [6.07, 6.45) is 4.46. The van der Waals surface area contributed by atoms with Crippen molar-refractivity contribution in [3.05, 3.63) is 24.0 Å². The van der Waals surface area contributed by atoms with Crippen LogP contribution in [0.2, 0.25) is 0 Å². The molecule has 5 heteroatoms. The predicted molar refractivity (Wildman–Crippen MR) is 85.2 cm³/mol. The zero-order valence-electron chi connectivity index (χ0n) is 13.6. The van der Waals surface area contributed by atoms with E-state index in [4.69, 9.17) is 5.11 Å². The van der Waals surface area contributed by atoms with Crippen LogP contribution in [-0.2, 0) is 13.5 Å². The van der Waals surface area contributed by atoms with Gasteiger partial charge >= 0.3 is 6.03 Å². The van der Waals surface area contributed by atoms with E-state index in [1.807, 2.05) is 40.1 Å². The highest BCUT2D eigenvalue weighted by Gasteiger charge is 2.16. The minimum Gasteiger partial charge on any atom is -0.396 e. The van der Waals surface area contributed by atoms with Crippen LogP contribution in [-0.4, -0.2) is 34.4 Å². The van der Waals surface area contributed by atoms with Gasteiger partial charge < -0.3 is 20.3 Å². The van der Waals surface area contributed by atoms with Crippen molar-refractivity contribution in [3.63, 3.8) is 0 Å². The maximum Gasteiger partial charge on any atom is 0.315 e. The molecule has 0 radical (unpaired) electrons. The minimum absolute atomic E-state index is 0.00933. The molecule has 1 aromatic rings. The Kier molecular flexibility index (Phi) is 7.29. The van der Waals surface area contributed by atoms with Crippen molar-refractivity contribution in [3.8, 4) is 0 Å². The van der Waals surface area contributed by atoms with Crippen LogP contribution in [0.5, 0.6) is 0 Å². The minimum atomic E-state index is -0.151. The van der Waals surface area contributed by atoms with Gasteiger partial charge in [-0.25, -0.2) is 4.79 Å². The molecule has 2 unspecified atom stereocenters. The summed E-state index contributed by atoms with van der Waals surface area (Å²) in [6, 6.07) is 4.10. The summed E-state index contributed by atoms with van der Waals surface area (Å²) in [4.78, 5) is 12.0. The Balaban J connectivity index is 2.34. The monoisotopic (exact) mass is 295 g/mol. The topological polar surface area (TPSA) is 66.3 Å². The van der Waals surface area contributed by atoms with Crippen LogP contribution >= 0.6 is 0 Å². The SMILES string of the molecule is CC(CCc1cccn1C)NC(=O)NC(CCO)C(C)C. The number of hydrogen-bond acceptors (Lipinski definition) is 2. The lowest BCUT2D eigenvalue weighted by atomic mass is 10.0. The van der Waals surface area contributed by atoms with Gasteiger partial charge in [0, 0.05) is 37.6 Å². The molecule has 0 aromatic carbocycles. The molecular formula is C16H29N3O2. The first-order chi connectivity index (χ1) is 9.93. The number of hydrogen-bond donors (Lipinski definition) is 3. The molecule has 2 amide bonds. The quantitative estimate of drug-likeness (QED) is 0.687. The first-order valence-corrected chi connectivity index (χ1v) is 7.72. The van der Waals surface area contributed by atoms with Gasteiger partial charge in [-0.2, -0.15) is 0 Å². The Bertz CT molecular complexity index is 429. The van der Waals surface area contributed by atoms with E-state index in [1.54, 1.807) is 0 Å². The van der Waals surface area contributed by atoms with Crippen LogP contribution in [0.3, 0.4) is 0 Å². The molecular weight excluding hydrogens is 266 g/mol. The van der Waals surface area contributed by atoms with Gasteiger partial charge in [0.15, 0.2) is 0 Å². The average molecular weight is 295 g/mol. The van der Waals surface area contributed by atoms with E-state index in [-0.39, 0.29) is 24.7 Å². The number of rotatable bonds is 8. The summed E-state index contributed by atoms with van der Waals surface area (Å²) in [6.45, 7) is 6.18. The van der Waals surface area contributed by atoms with Crippen LogP contribution < -0.4 is 10.6 Å². The standard InChI is InChI=1S/C16H29N3O2/c1-12(2)15(9-11-20)18-16(21)17-13(3)7-8-14-6-5-10-19(14)4/h5-6,10,12-13,15,20H,7-9,11H2,1-4H3,(H2,17,18,21). The maximum atomic E-state index is 12.0. The van der Waals surface area contributed by atoms with E-state index in [9.17, 15) is 4.79 Å². The summed E-state index contributed by atoms with van der Waals surface area (Å²) in [5.41, 5.74) is 1.27. The number of aliphatic hydroxyl groups excluding tert-OH is 1. The predicted octanol–water partition coefficient (Wildman–Crippen LogP) is 2.05. The van der Waals surface area contributed by atoms with Crippen molar-refractivity contribution >= 4 is 6.03 Å². The smallest absolute Gasteiger partial charge is 0.315 e. The van der Waals surface area contributed by atoms with E-state index in [0.29, 0.717) is 12.3 Å². The van der Waals surface area contributed by atoms with E-state index in [0.717, 1.165) is 12.8 Å². The lowest BCUT2D eigenvalue weighted by Gasteiger charge is -2.23. The molecule has 120 valence electrons. The molecule has 1 rings (SSSR count). The summed E-state index contributed by atoms with van der Waals surface area (Å²) < 4.78 is 2.10. The van der Waals surface area contributed by atoms with Crippen molar-refractivity contribution in [2.45, 2.75) is 52.1 Å². The largest absolute Gasteiger partial charge is 0.396 e. The highest BCUT2D eigenvalue weighted by molar-refractivity contribution is 5.74. The maximum absolute atomic E-state index is 12.0. The number of carbonyl (C=O) groups excluding carboxylic acids is 1. The molecule has 0 saturated heterocycles. The van der Waals surface area contributed by atoms with Crippen molar-refractivity contribution in [1.82, 2.24) is 15.2 Å². The number of nitrogens with one attached hydrogen (secondary N) is 2. The van der Waals surface area contributed by atoms with Crippen LogP contribution in [0.25, 0.3) is 0 Å².